The number of fused-ring (bicyclic) bond motifs is 1. The molecule has 11 heteroatoms. The Balaban J connectivity index is 0.00000481. The molecule has 3 rings (SSSR count). The molecule has 0 radical (unpaired) electrons. The van der Waals surface area contributed by atoms with E-state index in [9.17, 15) is 13.2 Å². The molecule has 0 saturated heterocycles. The standard InChI is InChI=1S/C26H35BrN4O3S2.ClH/c1-5-9-16-30(8-4)36(33,34)22-13-10-20(11-14-22)25(32)31(18-17-29(6-2)7-3)26-28-23-15-12-21(27)19-24(23)35-26;/h10-15,19H,5-9,16-18H2,1-4H3;1H. The third-order valence-electron chi connectivity index (χ3n) is 6.20. The lowest BCUT2D eigenvalue weighted by Crippen LogP contribution is -2.39. The Hall–Kier alpha value is -1.56. The fourth-order valence-corrected chi connectivity index (χ4v) is 6.95. The van der Waals surface area contributed by atoms with Crippen molar-refractivity contribution in [2.75, 3.05) is 44.2 Å². The average Bonchev–Trinajstić information content (AvgIpc) is 3.29. The van der Waals surface area contributed by atoms with Crippen molar-refractivity contribution in [3.8, 4) is 0 Å². The number of hydrogen-bond acceptors (Lipinski definition) is 6. The number of rotatable bonds is 13. The number of benzene rings is 2. The monoisotopic (exact) mass is 630 g/mol. The first-order chi connectivity index (χ1) is 17.2. The van der Waals surface area contributed by atoms with Gasteiger partial charge in [0.2, 0.25) is 10.0 Å². The molecular formula is C26H36BrClN4O3S2. The Bertz CT molecular complexity index is 1260. The summed E-state index contributed by atoms with van der Waals surface area (Å²) in [5, 5.41) is 0.633. The van der Waals surface area contributed by atoms with Crippen molar-refractivity contribution in [2.45, 2.75) is 45.4 Å². The highest BCUT2D eigenvalue weighted by Gasteiger charge is 2.25. The van der Waals surface area contributed by atoms with Crippen molar-refractivity contribution in [3.63, 3.8) is 0 Å². The van der Waals surface area contributed by atoms with Crippen LogP contribution in [0.4, 0.5) is 5.13 Å². The number of hydrogen-bond donors (Lipinski definition) is 0. The van der Waals surface area contributed by atoms with Crippen LogP contribution in [0.5, 0.6) is 0 Å². The fourth-order valence-electron chi connectivity index (χ4n) is 3.92. The van der Waals surface area contributed by atoms with E-state index in [0.29, 0.717) is 36.9 Å². The zero-order valence-electron chi connectivity index (χ0n) is 21.8. The predicted molar refractivity (Wildman–Crippen MR) is 160 cm³/mol. The quantitative estimate of drug-likeness (QED) is 0.222. The molecule has 2 aromatic carbocycles. The Morgan fingerprint density at radius 3 is 2.22 bits per heavy atom. The summed E-state index contributed by atoms with van der Waals surface area (Å²) < 4.78 is 29.6. The minimum atomic E-state index is -3.60. The topological polar surface area (TPSA) is 73.8 Å². The van der Waals surface area contributed by atoms with Gasteiger partial charge in [0.15, 0.2) is 5.13 Å². The molecule has 0 aliphatic rings. The van der Waals surface area contributed by atoms with Gasteiger partial charge >= 0.3 is 0 Å². The summed E-state index contributed by atoms with van der Waals surface area (Å²) in [7, 11) is -3.60. The van der Waals surface area contributed by atoms with E-state index in [1.807, 2.05) is 32.0 Å². The third kappa shape index (κ3) is 7.74. The van der Waals surface area contributed by atoms with Gasteiger partial charge in [-0.3, -0.25) is 9.69 Å². The Labute approximate surface area is 239 Å². The second-order valence-electron chi connectivity index (χ2n) is 8.47. The predicted octanol–water partition coefficient (Wildman–Crippen LogP) is 6.28. The largest absolute Gasteiger partial charge is 0.302 e. The summed E-state index contributed by atoms with van der Waals surface area (Å²) in [6.07, 6.45) is 1.73. The van der Waals surface area contributed by atoms with Crippen LogP contribution < -0.4 is 4.90 Å². The van der Waals surface area contributed by atoms with Gasteiger partial charge in [-0.25, -0.2) is 13.4 Å². The molecule has 3 aromatic rings. The van der Waals surface area contributed by atoms with E-state index < -0.39 is 10.0 Å². The minimum absolute atomic E-state index is 0. The van der Waals surface area contributed by atoms with Crippen molar-refractivity contribution >= 4 is 71.0 Å². The van der Waals surface area contributed by atoms with Crippen LogP contribution in [0.1, 0.15) is 50.9 Å². The number of amides is 1. The highest BCUT2D eigenvalue weighted by molar-refractivity contribution is 9.10. The molecule has 0 aliphatic carbocycles. The van der Waals surface area contributed by atoms with E-state index in [0.717, 1.165) is 40.6 Å². The van der Waals surface area contributed by atoms with Crippen molar-refractivity contribution in [3.05, 3.63) is 52.5 Å². The van der Waals surface area contributed by atoms with Crippen LogP contribution in [0.3, 0.4) is 0 Å². The number of likely N-dealkylation sites (N-methyl/N-ethyl adjacent to an activating group) is 1. The second-order valence-corrected chi connectivity index (χ2v) is 12.3. The van der Waals surface area contributed by atoms with E-state index in [4.69, 9.17) is 4.98 Å². The zero-order valence-corrected chi connectivity index (χ0v) is 25.9. The lowest BCUT2D eigenvalue weighted by Gasteiger charge is -2.25. The maximum absolute atomic E-state index is 13.7. The normalized spacial score (nSPS) is 11.8. The highest BCUT2D eigenvalue weighted by atomic mass is 79.9. The first-order valence-electron chi connectivity index (χ1n) is 12.5. The summed E-state index contributed by atoms with van der Waals surface area (Å²) in [5.74, 6) is -0.192. The molecule has 0 bridgehead atoms. The van der Waals surface area contributed by atoms with E-state index in [1.165, 1.54) is 27.8 Å². The van der Waals surface area contributed by atoms with Gasteiger partial charge in [0, 0.05) is 36.2 Å². The number of thiazole rings is 1. The number of sulfonamides is 1. The lowest BCUT2D eigenvalue weighted by atomic mass is 10.2. The molecule has 0 fully saturated rings. The van der Waals surface area contributed by atoms with Crippen LogP contribution in [0, 0.1) is 0 Å². The molecule has 0 saturated carbocycles. The van der Waals surface area contributed by atoms with Crippen LogP contribution in [-0.4, -0.2) is 67.8 Å². The van der Waals surface area contributed by atoms with Gasteiger partial charge in [-0.05, 0) is 62.0 Å². The van der Waals surface area contributed by atoms with E-state index in [-0.39, 0.29) is 23.2 Å². The van der Waals surface area contributed by atoms with Crippen molar-refractivity contribution in [2.24, 2.45) is 0 Å². The maximum atomic E-state index is 13.7. The molecule has 0 spiro atoms. The van der Waals surface area contributed by atoms with E-state index in [1.54, 1.807) is 17.0 Å². The Kier molecular flexibility index (Phi) is 12.5. The van der Waals surface area contributed by atoms with Gasteiger partial charge in [-0.1, -0.05) is 61.4 Å². The van der Waals surface area contributed by atoms with Crippen LogP contribution >= 0.6 is 39.7 Å². The number of unbranched alkanes of at least 4 members (excludes halogenated alkanes) is 1. The summed E-state index contributed by atoms with van der Waals surface area (Å²) >= 11 is 4.98. The van der Waals surface area contributed by atoms with E-state index >= 15 is 0 Å². The molecule has 204 valence electrons. The van der Waals surface area contributed by atoms with Crippen molar-refractivity contribution in [1.82, 2.24) is 14.2 Å². The summed E-state index contributed by atoms with van der Waals surface area (Å²) in [6, 6.07) is 12.2. The molecule has 0 aliphatic heterocycles. The molecule has 0 unspecified atom stereocenters. The van der Waals surface area contributed by atoms with Gasteiger partial charge in [0.25, 0.3) is 5.91 Å². The maximum Gasteiger partial charge on any atom is 0.260 e. The first kappa shape index (κ1) is 31.7. The van der Waals surface area contributed by atoms with Gasteiger partial charge in [0.1, 0.15) is 0 Å². The Morgan fingerprint density at radius 2 is 1.62 bits per heavy atom. The van der Waals surface area contributed by atoms with Crippen LogP contribution in [0.2, 0.25) is 0 Å². The summed E-state index contributed by atoms with van der Waals surface area (Å²) in [5.41, 5.74) is 1.28. The van der Waals surface area contributed by atoms with Crippen LogP contribution in [0.25, 0.3) is 10.2 Å². The Morgan fingerprint density at radius 1 is 0.946 bits per heavy atom. The molecule has 37 heavy (non-hydrogen) atoms. The molecule has 0 atom stereocenters. The molecule has 1 aromatic heterocycles. The molecular weight excluding hydrogens is 596 g/mol. The summed E-state index contributed by atoms with van der Waals surface area (Å²) in [6.45, 7) is 12.0. The van der Waals surface area contributed by atoms with Gasteiger partial charge in [-0.15, -0.1) is 12.4 Å². The highest BCUT2D eigenvalue weighted by Crippen LogP contribution is 2.32. The number of nitrogens with zero attached hydrogens (tertiary/aromatic N) is 4. The smallest absolute Gasteiger partial charge is 0.260 e. The van der Waals surface area contributed by atoms with Gasteiger partial charge < -0.3 is 4.90 Å². The number of anilines is 1. The molecule has 7 nitrogen and oxygen atoms in total. The molecule has 1 amide bonds. The third-order valence-corrected chi connectivity index (χ3v) is 9.73. The lowest BCUT2D eigenvalue weighted by molar-refractivity contribution is 0.0983. The molecule has 0 N–H and O–H groups in total. The first-order valence-corrected chi connectivity index (χ1v) is 15.5. The summed E-state index contributed by atoms with van der Waals surface area (Å²) in [4.78, 5) is 22.6. The van der Waals surface area contributed by atoms with Crippen molar-refractivity contribution in [1.29, 1.82) is 0 Å². The van der Waals surface area contributed by atoms with Crippen LogP contribution in [-0.2, 0) is 10.0 Å². The number of aromatic nitrogens is 1. The zero-order chi connectivity index (χ0) is 26.3. The fraction of sp³-hybridized carbons (Fsp3) is 0.462. The van der Waals surface area contributed by atoms with Crippen molar-refractivity contribution < 1.29 is 13.2 Å². The van der Waals surface area contributed by atoms with Gasteiger partial charge in [0.05, 0.1) is 15.1 Å². The minimum Gasteiger partial charge on any atom is -0.302 e. The van der Waals surface area contributed by atoms with E-state index in [2.05, 4.69) is 34.7 Å². The molecule has 1 heterocycles. The van der Waals surface area contributed by atoms with Gasteiger partial charge in [-0.2, -0.15) is 4.31 Å². The number of halogens is 2. The SMILES string of the molecule is CCCCN(CC)S(=O)(=O)c1ccc(C(=O)N(CCN(CC)CC)c2nc3ccc(Br)cc3s2)cc1.Cl. The average molecular weight is 632 g/mol. The number of carbonyl (C=O) groups is 1. The number of carbonyl (C=O) groups excluding carboxylic acids is 1. The van der Waals surface area contributed by atoms with Crippen LogP contribution in [0.15, 0.2) is 51.8 Å². The second kappa shape index (κ2) is 14.6.